The van der Waals surface area contributed by atoms with E-state index < -0.39 is 40.1 Å². The van der Waals surface area contributed by atoms with Crippen molar-refractivity contribution in [1.29, 1.82) is 0 Å². The van der Waals surface area contributed by atoms with E-state index in [0.717, 1.165) is 16.8 Å². The molecule has 0 aromatic heterocycles. The summed E-state index contributed by atoms with van der Waals surface area (Å²) in [5.74, 6) is 0.0352. The summed E-state index contributed by atoms with van der Waals surface area (Å²) in [6.45, 7) is 16.2. The number of aliphatic imine (C=N–C) groups is 1. The van der Waals surface area contributed by atoms with Crippen LogP contribution in [-0.4, -0.2) is 74.0 Å². The lowest BCUT2D eigenvalue weighted by atomic mass is 9.94. The highest BCUT2D eigenvalue weighted by atomic mass is 32.2. The smallest absolute Gasteiger partial charge is 0.419 e. The summed E-state index contributed by atoms with van der Waals surface area (Å²) in [5, 5.41) is 0. The Kier molecular flexibility index (Phi) is 7.64. The van der Waals surface area contributed by atoms with Gasteiger partial charge in [0.2, 0.25) is 16.0 Å². The molecule has 1 spiro atoms. The van der Waals surface area contributed by atoms with Crippen molar-refractivity contribution in [2.45, 2.75) is 95.5 Å². The van der Waals surface area contributed by atoms with E-state index in [9.17, 15) is 13.2 Å². The largest absolute Gasteiger partial charge is 0.443 e. The molecule has 0 N–H and O–H groups in total. The zero-order valence-corrected chi connectivity index (χ0v) is 23.0. The highest BCUT2D eigenvalue weighted by molar-refractivity contribution is 7.91. The van der Waals surface area contributed by atoms with E-state index in [1.54, 1.807) is 20.8 Å². The number of nitrogens with zero attached hydrogens (tertiary/aromatic N) is 3. The Bertz CT molecular complexity index is 869. The molecule has 184 valence electrons. The molecular formula is C22H41N3O5SSi. The molecule has 1 aliphatic carbocycles. The summed E-state index contributed by atoms with van der Waals surface area (Å²) in [6, 6.07) is 0.926. The molecule has 1 saturated carbocycles. The Morgan fingerprint density at radius 3 is 2.34 bits per heavy atom. The molecule has 0 aromatic carbocycles. The van der Waals surface area contributed by atoms with Crippen LogP contribution < -0.4 is 0 Å². The topological polar surface area (TPSA) is 88.5 Å². The van der Waals surface area contributed by atoms with Crippen molar-refractivity contribution in [1.82, 2.24) is 9.21 Å². The molecule has 0 aromatic rings. The fourth-order valence-electron chi connectivity index (χ4n) is 3.70. The summed E-state index contributed by atoms with van der Waals surface area (Å²) in [5.41, 5.74) is -1.72. The van der Waals surface area contributed by atoms with E-state index in [1.807, 2.05) is 26.0 Å². The number of hydrogen-bond acceptors (Lipinski definition) is 6. The maximum atomic E-state index is 13.6. The highest BCUT2D eigenvalue weighted by Gasteiger charge is 2.69. The van der Waals surface area contributed by atoms with E-state index in [2.05, 4.69) is 19.6 Å². The van der Waals surface area contributed by atoms with E-state index in [1.165, 1.54) is 11.9 Å². The minimum Gasteiger partial charge on any atom is -0.443 e. The van der Waals surface area contributed by atoms with Crippen molar-refractivity contribution in [2.75, 3.05) is 20.4 Å². The highest BCUT2D eigenvalue weighted by Crippen LogP contribution is 2.57. The molecule has 1 atom stereocenters. The van der Waals surface area contributed by atoms with Gasteiger partial charge in [0.1, 0.15) is 22.6 Å². The molecule has 10 heteroatoms. The van der Waals surface area contributed by atoms with Gasteiger partial charge in [-0.25, -0.2) is 27.4 Å². The summed E-state index contributed by atoms with van der Waals surface area (Å²) < 4.78 is 38.7. The predicted molar refractivity (Wildman–Crippen MR) is 131 cm³/mol. The first-order valence-electron chi connectivity index (χ1n) is 11.3. The summed E-state index contributed by atoms with van der Waals surface area (Å²) in [4.78, 5) is 19.2. The van der Waals surface area contributed by atoms with Gasteiger partial charge in [-0.05, 0) is 53.0 Å². The van der Waals surface area contributed by atoms with Crippen molar-refractivity contribution >= 4 is 30.1 Å². The molecule has 1 heterocycles. The van der Waals surface area contributed by atoms with Crippen molar-refractivity contribution < 1.29 is 22.7 Å². The Labute approximate surface area is 195 Å². The van der Waals surface area contributed by atoms with Gasteiger partial charge in [-0.1, -0.05) is 38.7 Å². The van der Waals surface area contributed by atoms with Crippen LogP contribution in [0.25, 0.3) is 0 Å². The van der Waals surface area contributed by atoms with Crippen LogP contribution in [0.2, 0.25) is 25.7 Å². The molecule has 1 amide bonds. The maximum absolute atomic E-state index is 13.6. The molecule has 2 aliphatic rings. The lowest BCUT2D eigenvalue weighted by Gasteiger charge is -2.43. The number of sulfonamides is 1. The normalized spacial score (nSPS) is 24.5. The van der Waals surface area contributed by atoms with Gasteiger partial charge in [-0.2, -0.15) is 0 Å². The zero-order chi connectivity index (χ0) is 24.6. The van der Waals surface area contributed by atoms with E-state index in [-0.39, 0.29) is 12.7 Å². The fourth-order valence-corrected chi connectivity index (χ4v) is 6.59. The standard InChI is InChI=1S/C22H41N3O5SSi/c1-10-11-12-21(5)22(13-14-22)31(27,28)24(6)18(23-21)25(19(26)30-20(2,3)4)17-29-15-16-32(7,8)9/h11-12H,10,13-17H2,1-9H3/b12-11+/t21-/m1/s1. The van der Waals surface area contributed by atoms with Gasteiger partial charge in [0.25, 0.3) is 0 Å². The molecule has 2 rings (SSSR count). The number of rotatable bonds is 7. The number of carbonyl (C=O) groups is 1. The quantitative estimate of drug-likeness (QED) is 0.229. The number of allylic oxidation sites excluding steroid dienone is 1. The third kappa shape index (κ3) is 5.56. The SMILES string of the molecule is CC/C=C/[C@@]1(C)N=C(N(COCC[Si](C)(C)C)C(=O)OC(C)(C)C)N(C)S(=O)(=O)C12CC2. The van der Waals surface area contributed by atoms with Crippen molar-refractivity contribution in [3.05, 3.63) is 12.2 Å². The van der Waals surface area contributed by atoms with Crippen LogP contribution in [0.1, 0.15) is 53.9 Å². The average molecular weight is 488 g/mol. The Morgan fingerprint density at radius 1 is 1.28 bits per heavy atom. The molecule has 0 saturated heterocycles. The fraction of sp³-hybridized carbons (Fsp3) is 0.818. The molecule has 0 radical (unpaired) electrons. The summed E-state index contributed by atoms with van der Waals surface area (Å²) in [7, 11) is -3.61. The van der Waals surface area contributed by atoms with E-state index in [4.69, 9.17) is 14.5 Å². The van der Waals surface area contributed by atoms with Gasteiger partial charge in [0, 0.05) is 21.7 Å². The summed E-state index contributed by atoms with van der Waals surface area (Å²) >= 11 is 0. The lowest BCUT2D eigenvalue weighted by Crippen LogP contribution is -2.61. The first kappa shape index (κ1) is 26.9. The van der Waals surface area contributed by atoms with Crippen LogP contribution in [0.3, 0.4) is 0 Å². The first-order chi connectivity index (χ1) is 14.5. The van der Waals surface area contributed by atoms with Gasteiger partial charge in [0.15, 0.2) is 0 Å². The zero-order valence-electron chi connectivity index (χ0n) is 21.2. The Balaban J connectivity index is 2.46. The predicted octanol–water partition coefficient (Wildman–Crippen LogP) is 4.42. The van der Waals surface area contributed by atoms with Crippen LogP contribution >= 0.6 is 0 Å². The summed E-state index contributed by atoms with van der Waals surface area (Å²) in [6.07, 6.45) is 4.97. The van der Waals surface area contributed by atoms with Crippen LogP contribution in [-0.2, 0) is 19.5 Å². The van der Waals surface area contributed by atoms with E-state index in [0.29, 0.717) is 19.4 Å². The van der Waals surface area contributed by atoms with Crippen LogP contribution in [0.4, 0.5) is 4.79 Å². The second kappa shape index (κ2) is 9.10. The number of amides is 1. The van der Waals surface area contributed by atoms with Crippen molar-refractivity contribution in [3.63, 3.8) is 0 Å². The average Bonchev–Trinajstić information content (AvgIpc) is 3.44. The molecule has 1 aliphatic heterocycles. The number of ether oxygens (including phenoxy) is 2. The van der Waals surface area contributed by atoms with Crippen LogP contribution in [0.15, 0.2) is 17.1 Å². The Hall–Kier alpha value is -1.39. The van der Waals surface area contributed by atoms with Crippen LogP contribution in [0, 0.1) is 0 Å². The maximum Gasteiger partial charge on any atom is 0.419 e. The van der Waals surface area contributed by atoms with Gasteiger partial charge in [-0.3, -0.25) is 0 Å². The molecule has 1 fully saturated rings. The van der Waals surface area contributed by atoms with Crippen molar-refractivity contribution in [2.24, 2.45) is 4.99 Å². The number of guanidine groups is 1. The third-order valence-electron chi connectivity index (χ3n) is 5.84. The lowest BCUT2D eigenvalue weighted by molar-refractivity contribution is 0.00803. The van der Waals surface area contributed by atoms with Crippen molar-refractivity contribution in [3.8, 4) is 0 Å². The third-order valence-corrected chi connectivity index (χ3v) is 10.2. The van der Waals surface area contributed by atoms with Gasteiger partial charge in [0.05, 0.1) is 0 Å². The van der Waals surface area contributed by atoms with Gasteiger partial charge < -0.3 is 9.47 Å². The van der Waals surface area contributed by atoms with Gasteiger partial charge in [-0.15, -0.1) is 0 Å². The number of hydrogen-bond donors (Lipinski definition) is 0. The molecular weight excluding hydrogens is 446 g/mol. The minimum absolute atomic E-state index is 0.0352. The minimum atomic E-state index is -3.74. The Morgan fingerprint density at radius 2 is 1.88 bits per heavy atom. The van der Waals surface area contributed by atoms with E-state index >= 15 is 0 Å². The molecule has 0 unspecified atom stereocenters. The number of carbonyl (C=O) groups excluding carboxylic acids is 1. The molecule has 0 bridgehead atoms. The second-order valence-electron chi connectivity index (χ2n) is 11.1. The molecule has 32 heavy (non-hydrogen) atoms. The first-order valence-corrected chi connectivity index (χ1v) is 16.5. The van der Waals surface area contributed by atoms with Crippen LogP contribution in [0.5, 0.6) is 0 Å². The molecule has 8 nitrogen and oxygen atoms in total. The van der Waals surface area contributed by atoms with Gasteiger partial charge >= 0.3 is 6.09 Å². The monoisotopic (exact) mass is 487 g/mol. The second-order valence-corrected chi connectivity index (χ2v) is 19.0.